The molecule has 0 spiro atoms. The van der Waals surface area contributed by atoms with E-state index in [0.29, 0.717) is 17.0 Å². The lowest BCUT2D eigenvalue weighted by atomic mass is 10.2. The maximum absolute atomic E-state index is 12.3. The average Bonchev–Trinajstić information content (AvgIpc) is 2.87. The molecule has 0 saturated carbocycles. The maximum atomic E-state index is 12.3. The van der Waals surface area contributed by atoms with Crippen LogP contribution in [0.2, 0.25) is 0 Å². The van der Waals surface area contributed by atoms with Crippen molar-refractivity contribution in [2.24, 2.45) is 0 Å². The number of hydrogen-bond acceptors (Lipinski definition) is 5. The van der Waals surface area contributed by atoms with Crippen molar-refractivity contribution in [3.63, 3.8) is 0 Å². The summed E-state index contributed by atoms with van der Waals surface area (Å²) in [6.07, 6.45) is -4.58. The van der Waals surface area contributed by atoms with Crippen molar-refractivity contribution in [1.82, 2.24) is 9.97 Å². The molecular formula is C8H5F3N2OS2. The van der Waals surface area contributed by atoms with Gasteiger partial charge in [0.05, 0.1) is 16.1 Å². The third-order valence-corrected chi connectivity index (χ3v) is 3.47. The van der Waals surface area contributed by atoms with E-state index in [4.69, 9.17) is 0 Å². The predicted octanol–water partition coefficient (Wildman–Crippen LogP) is 2.70. The van der Waals surface area contributed by atoms with Gasteiger partial charge in [0.1, 0.15) is 6.10 Å². The number of nitrogens with zero attached hydrogens (tertiary/aromatic N) is 2. The molecule has 0 saturated heterocycles. The first-order chi connectivity index (χ1) is 7.48. The molecule has 0 bridgehead atoms. The molecule has 0 aliphatic heterocycles. The molecule has 0 aliphatic rings. The SMILES string of the molecule is OC(c1cscn1)c1cnc(C(F)(F)F)s1. The summed E-state index contributed by atoms with van der Waals surface area (Å²) in [4.78, 5) is 7.19. The fraction of sp³-hybridized carbons (Fsp3) is 0.250. The first kappa shape index (κ1) is 11.5. The molecule has 3 nitrogen and oxygen atoms in total. The second-order valence-electron chi connectivity index (χ2n) is 2.88. The predicted molar refractivity (Wildman–Crippen MR) is 53.3 cm³/mol. The lowest BCUT2D eigenvalue weighted by molar-refractivity contribution is -0.137. The molecule has 2 rings (SSSR count). The van der Waals surface area contributed by atoms with E-state index < -0.39 is 17.3 Å². The normalized spacial score (nSPS) is 14.0. The van der Waals surface area contributed by atoms with Crippen LogP contribution in [0.4, 0.5) is 13.2 Å². The number of aliphatic hydroxyl groups is 1. The Morgan fingerprint density at radius 1 is 1.31 bits per heavy atom. The van der Waals surface area contributed by atoms with Crippen molar-refractivity contribution in [3.8, 4) is 0 Å². The zero-order chi connectivity index (χ0) is 11.8. The van der Waals surface area contributed by atoms with Gasteiger partial charge in [-0.2, -0.15) is 13.2 Å². The highest BCUT2D eigenvalue weighted by molar-refractivity contribution is 7.11. The molecule has 86 valence electrons. The van der Waals surface area contributed by atoms with Gasteiger partial charge in [0.2, 0.25) is 0 Å². The number of rotatable bonds is 2. The number of hydrogen-bond donors (Lipinski definition) is 1. The van der Waals surface area contributed by atoms with Crippen LogP contribution in [-0.4, -0.2) is 15.1 Å². The highest BCUT2D eigenvalue weighted by Gasteiger charge is 2.35. The summed E-state index contributed by atoms with van der Waals surface area (Å²) in [7, 11) is 0. The molecule has 0 fully saturated rings. The van der Waals surface area contributed by atoms with Crippen LogP contribution in [0, 0.1) is 0 Å². The summed E-state index contributed by atoms with van der Waals surface area (Å²) in [5.41, 5.74) is 1.84. The summed E-state index contributed by atoms with van der Waals surface area (Å²) in [6, 6.07) is 0. The van der Waals surface area contributed by atoms with Gasteiger partial charge in [-0.1, -0.05) is 0 Å². The fourth-order valence-corrected chi connectivity index (χ4v) is 2.40. The molecule has 8 heteroatoms. The maximum Gasteiger partial charge on any atom is 0.443 e. The Kier molecular flexibility index (Phi) is 2.96. The Morgan fingerprint density at radius 3 is 2.56 bits per heavy atom. The molecule has 2 aromatic rings. The molecule has 2 heterocycles. The Hall–Kier alpha value is -0.990. The van der Waals surface area contributed by atoms with Crippen LogP contribution >= 0.6 is 22.7 Å². The molecule has 1 atom stereocenters. The van der Waals surface area contributed by atoms with E-state index >= 15 is 0 Å². The minimum Gasteiger partial charge on any atom is -0.381 e. The Morgan fingerprint density at radius 2 is 2.06 bits per heavy atom. The van der Waals surface area contributed by atoms with E-state index in [2.05, 4.69) is 9.97 Å². The smallest absolute Gasteiger partial charge is 0.381 e. The van der Waals surface area contributed by atoms with Crippen LogP contribution in [0.5, 0.6) is 0 Å². The van der Waals surface area contributed by atoms with Crippen LogP contribution in [0.15, 0.2) is 17.1 Å². The van der Waals surface area contributed by atoms with Crippen LogP contribution in [0.1, 0.15) is 21.7 Å². The standard InChI is InChI=1S/C8H5F3N2OS2/c9-8(10,11)7-12-1-5(16-7)6(14)4-2-15-3-13-4/h1-3,6,14H. The van der Waals surface area contributed by atoms with E-state index in [9.17, 15) is 18.3 Å². The van der Waals surface area contributed by atoms with Crippen molar-refractivity contribution >= 4 is 22.7 Å². The Labute approximate surface area is 96.2 Å². The second-order valence-corrected chi connectivity index (χ2v) is 4.66. The van der Waals surface area contributed by atoms with Crippen LogP contribution in [0.3, 0.4) is 0 Å². The third-order valence-electron chi connectivity index (χ3n) is 1.77. The summed E-state index contributed by atoms with van der Waals surface area (Å²) in [5, 5.41) is 10.3. The Bertz CT molecular complexity index is 466. The molecule has 0 amide bonds. The molecule has 0 aliphatic carbocycles. The monoisotopic (exact) mass is 266 g/mol. The quantitative estimate of drug-likeness (QED) is 0.909. The van der Waals surface area contributed by atoms with Crippen LogP contribution in [0.25, 0.3) is 0 Å². The molecule has 0 radical (unpaired) electrons. The average molecular weight is 266 g/mol. The van der Waals surface area contributed by atoms with Gasteiger partial charge in [-0.25, -0.2) is 9.97 Å². The van der Waals surface area contributed by atoms with Gasteiger partial charge in [-0.15, -0.1) is 22.7 Å². The Balaban J connectivity index is 2.26. The third kappa shape index (κ3) is 2.23. The molecule has 2 aromatic heterocycles. The van der Waals surface area contributed by atoms with E-state index in [0.717, 1.165) is 6.20 Å². The zero-order valence-corrected chi connectivity index (χ0v) is 9.23. The van der Waals surface area contributed by atoms with Gasteiger partial charge in [-0.05, 0) is 0 Å². The van der Waals surface area contributed by atoms with Gasteiger partial charge < -0.3 is 5.11 Å². The highest BCUT2D eigenvalue weighted by Crippen LogP contribution is 2.35. The van der Waals surface area contributed by atoms with Gasteiger partial charge >= 0.3 is 6.18 Å². The number of halogens is 3. The largest absolute Gasteiger partial charge is 0.443 e. The van der Waals surface area contributed by atoms with E-state index in [1.54, 1.807) is 5.38 Å². The van der Waals surface area contributed by atoms with Crippen molar-refractivity contribution in [2.75, 3.05) is 0 Å². The van der Waals surface area contributed by atoms with Crippen molar-refractivity contribution in [1.29, 1.82) is 0 Å². The summed E-state index contributed by atoms with van der Waals surface area (Å²) < 4.78 is 36.8. The van der Waals surface area contributed by atoms with E-state index in [-0.39, 0.29) is 4.88 Å². The molecule has 1 unspecified atom stereocenters. The lowest BCUT2D eigenvalue weighted by Gasteiger charge is -2.03. The summed E-state index contributed by atoms with van der Waals surface area (Å²) in [6.45, 7) is 0. The molecule has 0 aromatic carbocycles. The molecular weight excluding hydrogens is 261 g/mol. The number of alkyl halides is 3. The second kappa shape index (κ2) is 4.11. The summed E-state index contributed by atoms with van der Waals surface area (Å²) in [5.74, 6) is 0. The highest BCUT2D eigenvalue weighted by atomic mass is 32.1. The van der Waals surface area contributed by atoms with Gasteiger partial charge in [0.15, 0.2) is 5.01 Å². The van der Waals surface area contributed by atoms with E-state index in [1.165, 1.54) is 16.8 Å². The topological polar surface area (TPSA) is 46.0 Å². The number of aliphatic hydroxyl groups excluding tert-OH is 1. The van der Waals surface area contributed by atoms with Crippen molar-refractivity contribution < 1.29 is 18.3 Å². The van der Waals surface area contributed by atoms with Crippen LogP contribution in [-0.2, 0) is 6.18 Å². The number of thiazole rings is 2. The van der Waals surface area contributed by atoms with Gasteiger partial charge in [0.25, 0.3) is 0 Å². The molecule has 16 heavy (non-hydrogen) atoms. The van der Waals surface area contributed by atoms with E-state index in [1.807, 2.05) is 0 Å². The lowest BCUT2D eigenvalue weighted by Crippen LogP contribution is -2.03. The number of aromatic nitrogens is 2. The van der Waals surface area contributed by atoms with Gasteiger partial charge in [0, 0.05) is 11.6 Å². The summed E-state index contributed by atoms with van der Waals surface area (Å²) >= 11 is 1.69. The first-order valence-electron chi connectivity index (χ1n) is 4.07. The zero-order valence-electron chi connectivity index (χ0n) is 7.60. The fourth-order valence-electron chi connectivity index (χ4n) is 1.05. The first-order valence-corrected chi connectivity index (χ1v) is 5.83. The minimum absolute atomic E-state index is 0.137. The van der Waals surface area contributed by atoms with Crippen molar-refractivity contribution in [3.05, 3.63) is 32.7 Å². The minimum atomic E-state index is -4.47. The van der Waals surface area contributed by atoms with Crippen LogP contribution < -0.4 is 0 Å². The van der Waals surface area contributed by atoms with Gasteiger partial charge in [-0.3, -0.25) is 0 Å². The molecule has 1 N–H and O–H groups in total. The van der Waals surface area contributed by atoms with Crippen molar-refractivity contribution in [2.45, 2.75) is 12.3 Å².